The van der Waals surface area contributed by atoms with Gasteiger partial charge in [0.2, 0.25) is 5.91 Å². The summed E-state index contributed by atoms with van der Waals surface area (Å²) in [6, 6.07) is 7.26. The van der Waals surface area contributed by atoms with Crippen LogP contribution in [0, 0.1) is 0 Å². The Kier molecular flexibility index (Phi) is 4.39. The Morgan fingerprint density at radius 1 is 1.15 bits per heavy atom. The van der Waals surface area contributed by atoms with E-state index in [0.717, 1.165) is 31.2 Å². The van der Waals surface area contributed by atoms with E-state index in [4.69, 9.17) is 16.3 Å². The van der Waals surface area contributed by atoms with Crippen molar-refractivity contribution >= 4 is 29.5 Å². The van der Waals surface area contributed by atoms with Crippen molar-refractivity contribution in [1.82, 2.24) is 9.80 Å². The van der Waals surface area contributed by atoms with Crippen LogP contribution < -0.4 is 0 Å². The van der Waals surface area contributed by atoms with Crippen LogP contribution >= 0.6 is 11.6 Å². The van der Waals surface area contributed by atoms with Crippen LogP contribution in [-0.4, -0.2) is 53.4 Å². The van der Waals surface area contributed by atoms with Crippen molar-refractivity contribution in [2.45, 2.75) is 43.6 Å². The highest BCUT2D eigenvalue weighted by Crippen LogP contribution is 2.43. The number of hydrogen-bond acceptors (Lipinski definition) is 4. The van der Waals surface area contributed by atoms with Crippen molar-refractivity contribution in [2.75, 3.05) is 19.7 Å². The number of cyclic esters (lactones) is 1. The first-order valence-electron chi connectivity index (χ1n) is 9.05. The van der Waals surface area contributed by atoms with Gasteiger partial charge < -0.3 is 9.64 Å². The summed E-state index contributed by atoms with van der Waals surface area (Å²) in [5.41, 5.74) is 0.485. The highest BCUT2D eigenvalue weighted by atomic mass is 35.5. The maximum atomic E-state index is 13.5. The molecule has 3 fully saturated rings. The molecule has 0 bridgehead atoms. The molecule has 0 spiro atoms. The van der Waals surface area contributed by atoms with Gasteiger partial charge in [-0.25, -0.2) is 9.69 Å². The molecular weight excluding hydrogens is 356 g/mol. The normalized spacial score (nSPS) is 25.0. The number of carbonyl (C=O) groups excluding carboxylic acids is 3. The summed E-state index contributed by atoms with van der Waals surface area (Å²) >= 11 is 6.01. The molecule has 1 saturated carbocycles. The number of imide groups is 1. The molecule has 3 amide bonds. The minimum absolute atomic E-state index is 0.0971. The molecule has 1 aliphatic carbocycles. The molecule has 2 heterocycles. The first-order valence-corrected chi connectivity index (χ1v) is 9.43. The van der Waals surface area contributed by atoms with Crippen molar-refractivity contribution in [3.8, 4) is 0 Å². The number of hydrogen-bond donors (Lipinski definition) is 0. The molecule has 0 aromatic heterocycles. The Morgan fingerprint density at radius 3 is 2.46 bits per heavy atom. The fourth-order valence-corrected chi connectivity index (χ4v) is 4.66. The third kappa shape index (κ3) is 2.76. The molecule has 0 radical (unpaired) electrons. The second-order valence-corrected chi connectivity index (χ2v) is 7.74. The van der Waals surface area contributed by atoms with Crippen LogP contribution in [0.25, 0.3) is 0 Å². The Morgan fingerprint density at radius 2 is 1.85 bits per heavy atom. The first kappa shape index (κ1) is 17.3. The molecule has 2 aliphatic heterocycles. The lowest BCUT2D eigenvalue weighted by Crippen LogP contribution is -2.47. The quantitative estimate of drug-likeness (QED) is 0.813. The van der Waals surface area contributed by atoms with E-state index in [1.807, 2.05) is 29.2 Å². The van der Waals surface area contributed by atoms with Crippen molar-refractivity contribution < 1.29 is 19.1 Å². The van der Waals surface area contributed by atoms with E-state index in [0.29, 0.717) is 24.5 Å². The standard InChI is InChI=1S/C19H21ClN2O4/c20-14-5-3-13(4-6-14)19(8-1-2-9-19)17(24)21-10-7-15(11-21)22-16(23)12-26-18(22)25/h3-6,15H,1-2,7-12H2. The third-order valence-electron chi connectivity index (χ3n) is 5.86. The van der Waals surface area contributed by atoms with E-state index in [-0.39, 0.29) is 24.5 Å². The van der Waals surface area contributed by atoms with Crippen LogP contribution in [0.5, 0.6) is 0 Å². The van der Waals surface area contributed by atoms with Gasteiger partial charge in [0.05, 0.1) is 11.5 Å². The van der Waals surface area contributed by atoms with Gasteiger partial charge in [0, 0.05) is 18.1 Å². The van der Waals surface area contributed by atoms with E-state index < -0.39 is 11.5 Å². The third-order valence-corrected chi connectivity index (χ3v) is 6.12. The Bertz CT molecular complexity index is 726. The fourth-order valence-electron chi connectivity index (χ4n) is 4.53. The number of amides is 3. The van der Waals surface area contributed by atoms with Crippen molar-refractivity contribution in [3.05, 3.63) is 34.9 Å². The van der Waals surface area contributed by atoms with Gasteiger partial charge in [-0.05, 0) is 37.0 Å². The second kappa shape index (κ2) is 6.58. The molecular formula is C19H21ClN2O4. The van der Waals surface area contributed by atoms with Crippen molar-refractivity contribution in [2.24, 2.45) is 0 Å². The molecule has 1 aromatic carbocycles. The molecule has 0 N–H and O–H groups in total. The van der Waals surface area contributed by atoms with Gasteiger partial charge in [0.15, 0.2) is 6.61 Å². The zero-order valence-electron chi connectivity index (χ0n) is 14.4. The predicted octanol–water partition coefficient (Wildman–Crippen LogP) is 2.73. The minimum atomic E-state index is -0.595. The highest BCUT2D eigenvalue weighted by Gasteiger charge is 2.48. The maximum Gasteiger partial charge on any atom is 0.417 e. The van der Waals surface area contributed by atoms with E-state index in [1.165, 1.54) is 4.90 Å². The summed E-state index contributed by atoms with van der Waals surface area (Å²) in [4.78, 5) is 40.1. The van der Waals surface area contributed by atoms with E-state index in [1.54, 1.807) is 0 Å². The average Bonchev–Trinajstić information content (AvgIpc) is 3.36. The molecule has 1 aromatic rings. The number of rotatable bonds is 3. The number of halogens is 1. The minimum Gasteiger partial charge on any atom is -0.439 e. The zero-order valence-corrected chi connectivity index (χ0v) is 15.2. The largest absolute Gasteiger partial charge is 0.439 e. The van der Waals surface area contributed by atoms with Gasteiger partial charge >= 0.3 is 6.09 Å². The van der Waals surface area contributed by atoms with Gasteiger partial charge in [-0.2, -0.15) is 0 Å². The summed E-state index contributed by atoms with van der Waals surface area (Å²) in [7, 11) is 0. The van der Waals surface area contributed by atoms with Crippen molar-refractivity contribution in [1.29, 1.82) is 0 Å². The van der Waals surface area contributed by atoms with Gasteiger partial charge in [-0.3, -0.25) is 9.59 Å². The van der Waals surface area contributed by atoms with Gasteiger partial charge in [0.1, 0.15) is 0 Å². The predicted molar refractivity (Wildman–Crippen MR) is 94.8 cm³/mol. The lowest BCUT2D eigenvalue weighted by molar-refractivity contribution is -0.137. The van der Waals surface area contributed by atoms with Gasteiger partial charge in [-0.1, -0.05) is 36.6 Å². The topological polar surface area (TPSA) is 66.9 Å². The average molecular weight is 377 g/mol. The van der Waals surface area contributed by atoms with Crippen LogP contribution in [0.2, 0.25) is 5.02 Å². The molecule has 4 rings (SSSR count). The Balaban J connectivity index is 1.55. The van der Waals surface area contributed by atoms with Crippen LogP contribution in [-0.2, 0) is 19.7 Å². The molecule has 7 heteroatoms. The molecule has 138 valence electrons. The SMILES string of the molecule is O=C1COC(=O)N1C1CCN(C(=O)C2(c3ccc(Cl)cc3)CCCC2)C1. The lowest BCUT2D eigenvalue weighted by atomic mass is 9.77. The molecule has 1 atom stereocenters. The molecule has 1 unspecified atom stereocenters. The maximum absolute atomic E-state index is 13.5. The van der Waals surface area contributed by atoms with E-state index in [9.17, 15) is 14.4 Å². The number of benzene rings is 1. The number of ether oxygens (including phenoxy) is 1. The van der Waals surface area contributed by atoms with Crippen LogP contribution in [0.3, 0.4) is 0 Å². The molecule has 3 aliphatic rings. The highest BCUT2D eigenvalue weighted by molar-refractivity contribution is 6.30. The smallest absolute Gasteiger partial charge is 0.417 e. The zero-order chi connectivity index (χ0) is 18.3. The molecule has 6 nitrogen and oxygen atoms in total. The second-order valence-electron chi connectivity index (χ2n) is 7.31. The summed E-state index contributed by atoms with van der Waals surface area (Å²) < 4.78 is 4.81. The summed E-state index contributed by atoms with van der Waals surface area (Å²) in [6.45, 7) is 0.739. The van der Waals surface area contributed by atoms with Gasteiger partial charge in [-0.15, -0.1) is 0 Å². The Labute approximate surface area is 157 Å². The van der Waals surface area contributed by atoms with Crippen LogP contribution in [0.1, 0.15) is 37.7 Å². The number of nitrogens with zero attached hydrogens (tertiary/aromatic N) is 2. The fraction of sp³-hybridized carbons (Fsp3) is 0.526. The first-order chi connectivity index (χ1) is 12.5. The number of carbonyl (C=O) groups is 3. The molecule has 26 heavy (non-hydrogen) atoms. The lowest BCUT2D eigenvalue weighted by Gasteiger charge is -2.33. The summed E-state index contributed by atoms with van der Waals surface area (Å²) in [5.74, 6) is -0.220. The van der Waals surface area contributed by atoms with E-state index >= 15 is 0 Å². The van der Waals surface area contributed by atoms with E-state index in [2.05, 4.69) is 0 Å². The molecule has 2 saturated heterocycles. The summed E-state index contributed by atoms with van der Waals surface area (Å²) in [5, 5.41) is 0.654. The van der Waals surface area contributed by atoms with Crippen molar-refractivity contribution in [3.63, 3.8) is 0 Å². The monoisotopic (exact) mass is 376 g/mol. The van der Waals surface area contributed by atoms with Gasteiger partial charge in [0.25, 0.3) is 5.91 Å². The Hall–Kier alpha value is -2.08. The summed E-state index contributed by atoms with van der Waals surface area (Å²) in [6.07, 6.45) is 3.68. The van der Waals surface area contributed by atoms with Crippen LogP contribution in [0.15, 0.2) is 24.3 Å². The number of likely N-dealkylation sites (tertiary alicyclic amines) is 1. The van der Waals surface area contributed by atoms with Crippen LogP contribution in [0.4, 0.5) is 4.79 Å².